The number of rotatable bonds is 6. The van der Waals surface area contributed by atoms with Crippen molar-refractivity contribution in [3.05, 3.63) is 71.1 Å². The van der Waals surface area contributed by atoms with Gasteiger partial charge in [0.05, 0.1) is 11.9 Å². The van der Waals surface area contributed by atoms with Crippen LogP contribution in [0.3, 0.4) is 0 Å². The van der Waals surface area contributed by atoms with Crippen LogP contribution in [0.2, 0.25) is 0 Å². The van der Waals surface area contributed by atoms with Gasteiger partial charge in [-0.15, -0.1) is 0 Å². The molecule has 0 bridgehead atoms. The van der Waals surface area contributed by atoms with Crippen molar-refractivity contribution in [2.24, 2.45) is 5.10 Å². The van der Waals surface area contributed by atoms with Crippen molar-refractivity contribution in [1.29, 1.82) is 0 Å². The van der Waals surface area contributed by atoms with Gasteiger partial charge in [-0.25, -0.2) is 4.98 Å². The fraction of sp³-hybridized carbons (Fsp3) is 0.0556. The van der Waals surface area contributed by atoms with Crippen molar-refractivity contribution in [3.63, 3.8) is 0 Å². The molecular formula is C18H14N3O2S-. The summed E-state index contributed by atoms with van der Waals surface area (Å²) in [6, 6.07) is 19.1. The fourth-order valence-electron chi connectivity index (χ4n) is 2.17. The number of hydrazone groups is 1. The summed E-state index contributed by atoms with van der Waals surface area (Å²) in [5, 5.41) is 15.7. The van der Waals surface area contributed by atoms with E-state index in [-0.39, 0.29) is 6.42 Å². The largest absolute Gasteiger partial charge is 0.550 e. The zero-order valence-electron chi connectivity index (χ0n) is 12.7. The summed E-state index contributed by atoms with van der Waals surface area (Å²) in [5.41, 5.74) is 5.33. The smallest absolute Gasteiger partial charge is 0.204 e. The number of carbonyl (C=O) groups is 1. The number of anilines is 1. The molecule has 0 saturated carbocycles. The van der Waals surface area contributed by atoms with Crippen molar-refractivity contribution >= 4 is 28.7 Å². The second-order valence-electron chi connectivity index (χ2n) is 4.99. The topological polar surface area (TPSA) is 77.4 Å². The molecule has 0 spiro atoms. The molecule has 2 aromatic carbocycles. The molecule has 0 atom stereocenters. The molecule has 1 N–H and O–H groups in total. The monoisotopic (exact) mass is 336 g/mol. The third-order valence-electron chi connectivity index (χ3n) is 3.22. The van der Waals surface area contributed by atoms with Gasteiger partial charge in [-0.2, -0.15) is 5.10 Å². The standard InChI is InChI=1S/C18H15N3O2S/c22-16(23)11-15-17(14-9-5-2-6-10-14)20-18(24-15)21-19-12-13-7-3-1-4-8-13/h1-10,12H,11H2,(H,20,21)(H,22,23)/p-1. The number of nitrogens with one attached hydrogen (secondary N) is 1. The average molecular weight is 336 g/mol. The zero-order valence-corrected chi connectivity index (χ0v) is 13.5. The lowest BCUT2D eigenvalue weighted by Crippen LogP contribution is -2.24. The minimum absolute atomic E-state index is 0.175. The van der Waals surface area contributed by atoms with Gasteiger partial charge < -0.3 is 9.90 Å². The fourth-order valence-corrected chi connectivity index (χ4v) is 3.09. The first-order valence-electron chi connectivity index (χ1n) is 7.31. The highest BCUT2D eigenvalue weighted by atomic mass is 32.1. The van der Waals surface area contributed by atoms with Crippen molar-refractivity contribution in [1.82, 2.24) is 4.98 Å². The Morgan fingerprint density at radius 3 is 2.46 bits per heavy atom. The maximum atomic E-state index is 11.0. The Bertz CT molecular complexity index is 845. The molecular weight excluding hydrogens is 322 g/mol. The lowest BCUT2D eigenvalue weighted by atomic mass is 10.1. The van der Waals surface area contributed by atoms with Crippen molar-refractivity contribution in [3.8, 4) is 11.3 Å². The molecule has 24 heavy (non-hydrogen) atoms. The highest BCUT2D eigenvalue weighted by Gasteiger charge is 2.13. The van der Waals surface area contributed by atoms with Crippen molar-refractivity contribution in [2.45, 2.75) is 6.42 Å². The zero-order chi connectivity index (χ0) is 16.8. The van der Waals surface area contributed by atoms with Crippen LogP contribution in [0.15, 0.2) is 65.8 Å². The van der Waals surface area contributed by atoms with Crippen LogP contribution in [0, 0.1) is 0 Å². The molecule has 0 unspecified atom stereocenters. The molecule has 0 saturated heterocycles. The first kappa shape index (κ1) is 15.9. The van der Waals surface area contributed by atoms with Crippen LogP contribution in [0.5, 0.6) is 0 Å². The highest BCUT2D eigenvalue weighted by molar-refractivity contribution is 7.16. The Labute approximate surface area is 143 Å². The molecule has 3 aromatic rings. The van der Waals surface area contributed by atoms with Crippen LogP contribution >= 0.6 is 11.3 Å². The maximum absolute atomic E-state index is 11.0. The van der Waals surface area contributed by atoms with E-state index in [2.05, 4.69) is 15.5 Å². The molecule has 3 rings (SSSR count). The first-order chi connectivity index (χ1) is 11.7. The van der Waals surface area contributed by atoms with Gasteiger partial charge in [-0.05, 0) is 5.56 Å². The van der Waals surface area contributed by atoms with Crippen LogP contribution < -0.4 is 10.5 Å². The summed E-state index contributed by atoms with van der Waals surface area (Å²) in [6.45, 7) is 0. The summed E-state index contributed by atoms with van der Waals surface area (Å²) < 4.78 is 0. The summed E-state index contributed by atoms with van der Waals surface area (Å²) in [5.74, 6) is -1.13. The third kappa shape index (κ3) is 4.05. The Balaban J connectivity index is 1.82. The van der Waals surface area contributed by atoms with E-state index in [9.17, 15) is 9.90 Å². The van der Waals surface area contributed by atoms with Gasteiger partial charge in [0.25, 0.3) is 0 Å². The van der Waals surface area contributed by atoms with E-state index in [1.165, 1.54) is 11.3 Å². The summed E-state index contributed by atoms with van der Waals surface area (Å²) >= 11 is 1.26. The number of nitrogens with zero attached hydrogens (tertiary/aromatic N) is 2. The highest BCUT2D eigenvalue weighted by Crippen LogP contribution is 2.31. The third-order valence-corrected chi connectivity index (χ3v) is 4.18. The number of thiazole rings is 1. The molecule has 1 aromatic heterocycles. The minimum Gasteiger partial charge on any atom is -0.550 e. The Morgan fingerprint density at radius 1 is 1.12 bits per heavy atom. The number of carboxylic acid groups (broad SMARTS) is 1. The van der Waals surface area contributed by atoms with Crippen LogP contribution in [-0.2, 0) is 11.2 Å². The maximum Gasteiger partial charge on any atom is 0.204 e. The molecule has 6 heteroatoms. The van der Waals surface area contributed by atoms with E-state index in [1.807, 2.05) is 60.7 Å². The Morgan fingerprint density at radius 2 is 1.79 bits per heavy atom. The van der Waals surface area contributed by atoms with E-state index in [1.54, 1.807) is 6.21 Å². The van der Waals surface area contributed by atoms with Crippen LogP contribution in [-0.4, -0.2) is 17.2 Å². The lowest BCUT2D eigenvalue weighted by molar-refractivity contribution is -0.304. The summed E-state index contributed by atoms with van der Waals surface area (Å²) in [4.78, 5) is 16.1. The number of aromatic nitrogens is 1. The van der Waals surface area contributed by atoms with Crippen molar-refractivity contribution in [2.75, 3.05) is 5.43 Å². The van der Waals surface area contributed by atoms with Crippen LogP contribution in [0.4, 0.5) is 5.13 Å². The Hall–Kier alpha value is -2.99. The van der Waals surface area contributed by atoms with Gasteiger partial charge in [0.1, 0.15) is 0 Å². The molecule has 0 aliphatic rings. The average Bonchev–Trinajstić information content (AvgIpc) is 2.98. The van der Waals surface area contributed by atoms with Crippen molar-refractivity contribution < 1.29 is 9.90 Å². The molecule has 120 valence electrons. The number of carbonyl (C=O) groups excluding carboxylic acids is 1. The van der Waals surface area contributed by atoms with Crippen LogP contribution in [0.1, 0.15) is 10.4 Å². The van der Waals surface area contributed by atoms with Gasteiger partial charge in [0, 0.05) is 22.8 Å². The molecule has 0 fully saturated rings. The molecule has 0 aliphatic carbocycles. The number of carboxylic acids is 1. The lowest BCUT2D eigenvalue weighted by Gasteiger charge is -2.02. The Kier molecular flexibility index (Phi) is 4.98. The van der Waals surface area contributed by atoms with E-state index < -0.39 is 5.97 Å². The molecule has 5 nitrogen and oxygen atoms in total. The first-order valence-corrected chi connectivity index (χ1v) is 8.13. The second kappa shape index (κ2) is 7.52. The summed E-state index contributed by atoms with van der Waals surface area (Å²) in [6.07, 6.45) is 1.51. The molecule has 0 amide bonds. The number of aliphatic carboxylic acids is 1. The normalized spacial score (nSPS) is 10.8. The van der Waals surface area contributed by atoms with E-state index in [4.69, 9.17) is 0 Å². The number of hydrogen-bond acceptors (Lipinski definition) is 6. The van der Waals surface area contributed by atoms with Gasteiger partial charge in [0.2, 0.25) is 5.13 Å². The quantitative estimate of drug-likeness (QED) is 0.554. The SMILES string of the molecule is O=C([O-])Cc1sc(NN=Cc2ccccc2)nc1-c1ccccc1. The van der Waals surface area contributed by atoms with E-state index in [0.29, 0.717) is 15.7 Å². The van der Waals surface area contributed by atoms with Crippen LogP contribution in [0.25, 0.3) is 11.3 Å². The number of benzene rings is 2. The van der Waals surface area contributed by atoms with E-state index in [0.717, 1.165) is 11.1 Å². The molecule has 1 heterocycles. The molecule has 0 aliphatic heterocycles. The second-order valence-corrected chi connectivity index (χ2v) is 6.07. The predicted molar refractivity (Wildman–Crippen MR) is 93.9 cm³/mol. The van der Waals surface area contributed by atoms with Gasteiger partial charge in [-0.3, -0.25) is 5.43 Å². The van der Waals surface area contributed by atoms with Gasteiger partial charge >= 0.3 is 0 Å². The predicted octanol–water partition coefficient (Wildman–Crippen LogP) is 2.55. The minimum atomic E-state index is -1.13. The van der Waals surface area contributed by atoms with E-state index >= 15 is 0 Å². The van der Waals surface area contributed by atoms with Gasteiger partial charge in [-0.1, -0.05) is 72.0 Å². The number of hydrogen-bond donors (Lipinski definition) is 1. The summed E-state index contributed by atoms with van der Waals surface area (Å²) in [7, 11) is 0. The van der Waals surface area contributed by atoms with Gasteiger partial charge in [0.15, 0.2) is 0 Å². The molecule has 0 radical (unpaired) electrons.